The van der Waals surface area contributed by atoms with Crippen molar-refractivity contribution in [1.29, 1.82) is 0 Å². The smallest absolute Gasteiger partial charge is 1.00 e. The summed E-state index contributed by atoms with van der Waals surface area (Å²) in [5, 5.41) is 29.0. The van der Waals surface area contributed by atoms with Crippen molar-refractivity contribution in [3.8, 4) is 0 Å². The second kappa shape index (κ2) is 11.2. The molecule has 0 fully saturated rings. The van der Waals surface area contributed by atoms with Gasteiger partial charge in [-0.05, 0) is 0 Å². The molecule has 96 valence electrons. The standard InChI is InChI=1S/C9H17NO5.2Ca.4H/c1-9(2,5-11)7(14)8(15)10-4-3-6(12)13;;;;;;/h7,11,14H,3-5H2,1-2H3,(H,10,15)(H,12,13);;;;;;/q;2*+2;4*-1/t7-;;;;;;/m0....../s1. The second-order valence-electron chi connectivity index (χ2n) is 3.98. The molecule has 0 saturated heterocycles. The molecule has 0 radical (unpaired) electrons. The van der Waals surface area contributed by atoms with Crippen LogP contribution in [-0.2, 0) is 9.59 Å². The Morgan fingerprint density at radius 3 is 2.18 bits per heavy atom. The minimum absolute atomic E-state index is 0. The average Bonchev–Trinajstić information content (AvgIpc) is 2.15. The summed E-state index contributed by atoms with van der Waals surface area (Å²) in [6.45, 7) is 2.70. The van der Waals surface area contributed by atoms with Crippen molar-refractivity contribution in [2.24, 2.45) is 5.41 Å². The molecular formula is C9H21Ca2NO5. The summed E-state index contributed by atoms with van der Waals surface area (Å²) >= 11 is 0. The molecule has 0 unspecified atom stereocenters. The Kier molecular flexibility index (Phi) is 15.5. The van der Waals surface area contributed by atoms with Crippen molar-refractivity contribution in [3.63, 3.8) is 0 Å². The van der Waals surface area contributed by atoms with Crippen LogP contribution in [-0.4, -0.2) is 122 Å². The first-order chi connectivity index (χ1) is 6.81. The van der Waals surface area contributed by atoms with Gasteiger partial charge in [0, 0.05) is 12.0 Å². The van der Waals surface area contributed by atoms with Crippen LogP contribution in [0.3, 0.4) is 0 Å². The topological polar surface area (TPSA) is 107 Å². The van der Waals surface area contributed by atoms with E-state index in [-0.39, 0.29) is 101 Å². The molecule has 0 aromatic rings. The molecule has 0 saturated carbocycles. The van der Waals surface area contributed by atoms with Crippen molar-refractivity contribution in [2.45, 2.75) is 26.4 Å². The summed E-state index contributed by atoms with van der Waals surface area (Å²) in [6.07, 6.45) is -1.55. The summed E-state index contributed by atoms with van der Waals surface area (Å²) in [5.41, 5.74) is -0.937. The van der Waals surface area contributed by atoms with Crippen molar-refractivity contribution in [1.82, 2.24) is 5.32 Å². The normalized spacial score (nSPS) is 11.8. The maximum atomic E-state index is 11.3. The Hall–Kier alpha value is 1.38. The van der Waals surface area contributed by atoms with E-state index in [1.54, 1.807) is 0 Å². The van der Waals surface area contributed by atoms with Crippen molar-refractivity contribution in [2.75, 3.05) is 13.2 Å². The third kappa shape index (κ3) is 9.90. The van der Waals surface area contributed by atoms with Gasteiger partial charge in [-0.3, -0.25) is 9.59 Å². The number of carboxylic acid groups (broad SMARTS) is 1. The predicted molar refractivity (Wildman–Crippen MR) is 68.1 cm³/mol. The maximum absolute atomic E-state index is 11.3. The minimum Gasteiger partial charge on any atom is -1.00 e. The van der Waals surface area contributed by atoms with E-state index in [1.807, 2.05) is 0 Å². The van der Waals surface area contributed by atoms with Crippen LogP contribution in [0.4, 0.5) is 0 Å². The molecule has 0 bridgehead atoms. The van der Waals surface area contributed by atoms with Crippen LogP contribution in [0.2, 0.25) is 0 Å². The Balaban J connectivity index is -0.0000000653. The molecule has 4 N–H and O–H groups in total. The van der Waals surface area contributed by atoms with Gasteiger partial charge >= 0.3 is 81.4 Å². The van der Waals surface area contributed by atoms with Gasteiger partial charge in [0.05, 0.1) is 13.0 Å². The van der Waals surface area contributed by atoms with E-state index in [4.69, 9.17) is 10.2 Å². The van der Waals surface area contributed by atoms with Crippen LogP contribution in [0.5, 0.6) is 0 Å². The van der Waals surface area contributed by atoms with Crippen LogP contribution in [0, 0.1) is 5.41 Å². The zero-order valence-corrected chi connectivity index (χ0v) is 14.7. The van der Waals surface area contributed by atoms with E-state index in [9.17, 15) is 14.7 Å². The fraction of sp³-hybridized carbons (Fsp3) is 0.778. The summed E-state index contributed by atoms with van der Waals surface area (Å²) in [5.74, 6) is -1.69. The Labute approximate surface area is 166 Å². The number of carbonyl (C=O) groups excluding carboxylic acids is 1. The third-order valence-electron chi connectivity index (χ3n) is 2.03. The fourth-order valence-electron chi connectivity index (χ4n) is 0.831. The van der Waals surface area contributed by atoms with E-state index < -0.39 is 23.4 Å². The van der Waals surface area contributed by atoms with Crippen molar-refractivity contribution < 1.29 is 30.6 Å². The molecule has 8 heteroatoms. The maximum Gasteiger partial charge on any atom is 2.00 e. The number of aliphatic hydroxyl groups excluding tert-OH is 2. The van der Waals surface area contributed by atoms with Crippen molar-refractivity contribution >= 4 is 87.4 Å². The number of hydrogen-bond donors (Lipinski definition) is 4. The average molecular weight is 303 g/mol. The zero-order chi connectivity index (χ0) is 12.1. The van der Waals surface area contributed by atoms with Gasteiger partial charge in [0.1, 0.15) is 6.10 Å². The molecule has 6 nitrogen and oxygen atoms in total. The summed E-state index contributed by atoms with van der Waals surface area (Å²) < 4.78 is 0. The third-order valence-corrected chi connectivity index (χ3v) is 2.03. The summed E-state index contributed by atoms with van der Waals surface area (Å²) in [6, 6.07) is 0. The number of carbonyl (C=O) groups is 2. The molecule has 0 aliphatic rings. The summed E-state index contributed by atoms with van der Waals surface area (Å²) in [4.78, 5) is 21.4. The number of amides is 1. The van der Waals surface area contributed by atoms with Crippen LogP contribution in [0.15, 0.2) is 0 Å². The number of carboxylic acids is 1. The zero-order valence-electron chi connectivity index (χ0n) is 14.3. The summed E-state index contributed by atoms with van der Waals surface area (Å²) in [7, 11) is 0. The van der Waals surface area contributed by atoms with Gasteiger partial charge < -0.3 is 26.3 Å². The molecule has 1 atom stereocenters. The SMILES string of the molecule is CC(C)(CO)[C@@H](O)C(=O)NCCC(=O)O.[Ca+2].[Ca+2].[H-].[H-].[H-].[H-]. The predicted octanol–water partition coefficient (Wildman–Crippen LogP) is -1.35. The number of hydrogen-bond acceptors (Lipinski definition) is 4. The van der Waals surface area contributed by atoms with Crippen molar-refractivity contribution in [3.05, 3.63) is 0 Å². The molecule has 1 amide bonds. The van der Waals surface area contributed by atoms with E-state index >= 15 is 0 Å². The van der Waals surface area contributed by atoms with Crippen LogP contribution >= 0.6 is 0 Å². The molecule has 0 aromatic carbocycles. The first kappa shape index (κ1) is 23.5. The van der Waals surface area contributed by atoms with Gasteiger partial charge in [0.25, 0.3) is 0 Å². The number of aliphatic hydroxyl groups is 2. The first-order valence-electron chi connectivity index (χ1n) is 4.59. The van der Waals surface area contributed by atoms with Gasteiger partial charge in [-0.2, -0.15) is 0 Å². The fourth-order valence-corrected chi connectivity index (χ4v) is 0.831. The Morgan fingerprint density at radius 2 is 1.82 bits per heavy atom. The molecular weight excluding hydrogens is 282 g/mol. The van der Waals surface area contributed by atoms with Gasteiger partial charge in [-0.25, -0.2) is 0 Å². The van der Waals surface area contributed by atoms with E-state index in [1.165, 1.54) is 13.8 Å². The quantitative estimate of drug-likeness (QED) is 0.454. The molecule has 0 aromatic heterocycles. The molecule has 0 aliphatic heterocycles. The Bertz CT molecular complexity index is 262. The van der Waals surface area contributed by atoms with E-state index in [0.29, 0.717) is 0 Å². The molecule has 0 rings (SSSR count). The van der Waals surface area contributed by atoms with Gasteiger partial charge in [0.15, 0.2) is 0 Å². The molecule has 0 spiro atoms. The largest absolute Gasteiger partial charge is 2.00 e. The van der Waals surface area contributed by atoms with Gasteiger partial charge in [-0.15, -0.1) is 0 Å². The second-order valence-corrected chi connectivity index (χ2v) is 3.98. The minimum atomic E-state index is -1.35. The molecule has 0 heterocycles. The number of aliphatic carboxylic acids is 1. The monoisotopic (exact) mass is 303 g/mol. The van der Waals surface area contributed by atoms with E-state index in [0.717, 1.165) is 0 Å². The van der Waals surface area contributed by atoms with Crippen LogP contribution in [0.1, 0.15) is 26.0 Å². The molecule has 0 aliphatic carbocycles. The van der Waals surface area contributed by atoms with Crippen LogP contribution < -0.4 is 5.32 Å². The number of rotatable bonds is 6. The Morgan fingerprint density at radius 1 is 1.35 bits per heavy atom. The molecule has 17 heavy (non-hydrogen) atoms. The first-order valence-corrected chi connectivity index (χ1v) is 4.59. The van der Waals surface area contributed by atoms with Gasteiger partial charge in [-0.1, -0.05) is 13.8 Å². The van der Waals surface area contributed by atoms with Crippen LogP contribution in [0.25, 0.3) is 0 Å². The number of nitrogens with one attached hydrogen (secondary N) is 1. The van der Waals surface area contributed by atoms with Gasteiger partial charge in [0.2, 0.25) is 5.91 Å². The van der Waals surface area contributed by atoms with E-state index in [2.05, 4.69) is 5.32 Å².